The third-order valence-corrected chi connectivity index (χ3v) is 4.77. The summed E-state index contributed by atoms with van der Waals surface area (Å²) in [5, 5.41) is 3.45. The minimum Gasteiger partial charge on any atom is -0.317 e. The van der Waals surface area contributed by atoms with E-state index in [1.54, 1.807) is 0 Å². The van der Waals surface area contributed by atoms with Crippen molar-refractivity contribution in [3.8, 4) is 0 Å². The van der Waals surface area contributed by atoms with Crippen LogP contribution in [0.15, 0.2) is 21.2 Å². The van der Waals surface area contributed by atoms with Crippen LogP contribution in [0.1, 0.15) is 25.5 Å². The maximum Gasteiger partial charge on any atom is 0.0686 e. The lowest BCUT2D eigenvalue weighted by molar-refractivity contribution is 0.174. The Kier molecular flexibility index (Phi) is 8.60. The van der Waals surface area contributed by atoms with E-state index in [0.717, 1.165) is 33.6 Å². The highest BCUT2D eigenvalue weighted by atomic mass is 79.9. The Labute approximate surface area is 144 Å². The van der Waals surface area contributed by atoms with E-state index in [9.17, 15) is 0 Å². The van der Waals surface area contributed by atoms with Gasteiger partial charge in [0.05, 0.1) is 5.69 Å². The van der Waals surface area contributed by atoms with Crippen LogP contribution < -0.4 is 5.32 Å². The molecule has 114 valence electrons. The molecular formula is C14H22Br2ClN3. The van der Waals surface area contributed by atoms with E-state index in [2.05, 4.69) is 60.1 Å². The number of nitrogens with zero attached hydrogens (tertiary/aromatic N) is 2. The minimum absolute atomic E-state index is 0. The molecule has 2 heterocycles. The first-order chi connectivity index (χ1) is 9.19. The van der Waals surface area contributed by atoms with Crippen LogP contribution in [0.5, 0.6) is 0 Å². The average Bonchev–Trinajstić information content (AvgIpc) is 2.41. The van der Waals surface area contributed by atoms with Crippen molar-refractivity contribution in [2.45, 2.75) is 26.3 Å². The van der Waals surface area contributed by atoms with Crippen molar-refractivity contribution >= 4 is 44.3 Å². The van der Waals surface area contributed by atoms with Crippen LogP contribution in [0.3, 0.4) is 0 Å². The van der Waals surface area contributed by atoms with Gasteiger partial charge in [0.1, 0.15) is 0 Å². The fraction of sp³-hybridized carbons (Fsp3) is 0.643. The summed E-state index contributed by atoms with van der Waals surface area (Å²) >= 11 is 7.03. The molecule has 1 aromatic rings. The lowest BCUT2D eigenvalue weighted by Crippen LogP contribution is -2.37. The van der Waals surface area contributed by atoms with Crippen molar-refractivity contribution in [3.05, 3.63) is 26.9 Å². The number of rotatable bonds is 5. The van der Waals surface area contributed by atoms with Crippen LogP contribution in [0.4, 0.5) is 0 Å². The summed E-state index contributed by atoms with van der Waals surface area (Å²) in [5.74, 6) is 0.845. The molecule has 0 aliphatic carbocycles. The van der Waals surface area contributed by atoms with E-state index < -0.39 is 0 Å². The van der Waals surface area contributed by atoms with Gasteiger partial charge < -0.3 is 5.32 Å². The van der Waals surface area contributed by atoms with Crippen molar-refractivity contribution in [1.82, 2.24) is 15.2 Å². The van der Waals surface area contributed by atoms with Crippen molar-refractivity contribution in [2.75, 3.05) is 26.2 Å². The van der Waals surface area contributed by atoms with E-state index in [0.29, 0.717) is 0 Å². The zero-order valence-corrected chi connectivity index (χ0v) is 15.7. The third kappa shape index (κ3) is 5.60. The van der Waals surface area contributed by atoms with E-state index in [1.807, 2.05) is 6.20 Å². The smallest absolute Gasteiger partial charge is 0.0686 e. The summed E-state index contributed by atoms with van der Waals surface area (Å²) in [6, 6.07) is 2.07. The molecule has 1 saturated heterocycles. The highest BCUT2D eigenvalue weighted by molar-refractivity contribution is 9.11. The quantitative estimate of drug-likeness (QED) is 0.774. The molecule has 1 aliphatic heterocycles. The first-order valence-corrected chi connectivity index (χ1v) is 8.50. The molecule has 1 fully saturated rings. The highest BCUT2D eigenvalue weighted by Gasteiger charge is 2.19. The van der Waals surface area contributed by atoms with Gasteiger partial charge in [-0.2, -0.15) is 0 Å². The molecule has 0 spiro atoms. The number of hydrogen-bond donors (Lipinski definition) is 1. The largest absolute Gasteiger partial charge is 0.317 e. The molecular weight excluding hydrogens is 405 g/mol. The number of halogens is 3. The van der Waals surface area contributed by atoms with Gasteiger partial charge in [0, 0.05) is 21.7 Å². The van der Waals surface area contributed by atoms with Crippen molar-refractivity contribution in [3.63, 3.8) is 0 Å². The van der Waals surface area contributed by atoms with E-state index >= 15 is 0 Å². The predicted octanol–water partition coefficient (Wildman–Crippen LogP) is 3.85. The Morgan fingerprint density at radius 1 is 1.35 bits per heavy atom. The predicted molar refractivity (Wildman–Crippen MR) is 93.4 cm³/mol. The highest BCUT2D eigenvalue weighted by Crippen LogP contribution is 2.23. The van der Waals surface area contributed by atoms with Crippen LogP contribution in [0.25, 0.3) is 0 Å². The lowest BCUT2D eigenvalue weighted by Gasteiger charge is -2.32. The summed E-state index contributed by atoms with van der Waals surface area (Å²) < 4.78 is 2.11. The summed E-state index contributed by atoms with van der Waals surface area (Å²) in [4.78, 5) is 7.00. The number of nitrogens with one attached hydrogen (secondary N) is 1. The molecule has 0 amide bonds. The standard InChI is InChI=1S/C14H21Br2N3.ClH/c1-2-17-8-11-3-5-19(6-4-11)10-14-13(16)7-12(15)9-18-14;/h7,9,11,17H,2-6,8,10H2,1H3;1H. The topological polar surface area (TPSA) is 28.2 Å². The second-order valence-corrected chi connectivity index (χ2v) is 6.88. The molecule has 0 unspecified atom stereocenters. The number of likely N-dealkylation sites (tertiary alicyclic amines) is 1. The normalized spacial score (nSPS) is 16.9. The molecule has 1 aromatic heterocycles. The number of piperidine rings is 1. The number of aromatic nitrogens is 1. The average molecular weight is 428 g/mol. The Balaban J connectivity index is 0.00000200. The van der Waals surface area contributed by atoms with Gasteiger partial charge in [-0.05, 0) is 82.9 Å². The second kappa shape index (κ2) is 9.36. The maximum atomic E-state index is 4.49. The van der Waals surface area contributed by atoms with Gasteiger partial charge in [0.2, 0.25) is 0 Å². The van der Waals surface area contributed by atoms with Crippen LogP contribution >= 0.6 is 44.3 Å². The first-order valence-electron chi connectivity index (χ1n) is 6.92. The van der Waals surface area contributed by atoms with Crippen LogP contribution in [0.2, 0.25) is 0 Å². The number of pyridine rings is 1. The van der Waals surface area contributed by atoms with Gasteiger partial charge in [-0.15, -0.1) is 12.4 Å². The van der Waals surface area contributed by atoms with Crippen LogP contribution in [-0.2, 0) is 6.54 Å². The molecule has 2 rings (SSSR count). The Morgan fingerprint density at radius 2 is 2.05 bits per heavy atom. The molecule has 0 radical (unpaired) electrons. The first kappa shape index (κ1) is 18.4. The van der Waals surface area contributed by atoms with E-state index in [-0.39, 0.29) is 12.4 Å². The van der Waals surface area contributed by atoms with Gasteiger partial charge in [0.15, 0.2) is 0 Å². The molecule has 20 heavy (non-hydrogen) atoms. The molecule has 0 saturated carbocycles. The van der Waals surface area contributed by atoms with Gasteiger partial charge in [0.25, 0.3) is 0 Å². The summed E-state index contributed by atoms with van der Waals surface area (Å²) in [6.45, 7) is 7.73. The monoisotopic (exact) mass is 425 g/mol. The summed E-state index contributed by atoms with van der Waals surface area (Å²) in [5.41, 5.74) is 1.13. The molecule has 6 heteroatoms. The second-order valence-electron chi connectivity index (χ2n) is 5.11. The molecule has 1 N–H and O–H groups in total. The molecule has 0 bridgehead atoms. The fourth-order valence-electron chi connectivity index (χ4n) is 2.47. The van der Waals surface area contributed by atoms with Gasteiger partial charge in [-0.25, -0.2) is 0 Å². The fourth-order valence-corrected chi connectivity index (χ4v) is 3.58. The number of hydrogen-bond acceptors (Lipinski definition) is 3. The lowest BCUT2D eigenvalue weighted by atomic mass is 9.96. The molecule has 1 aliphatic rings. The van der Waals surface area contributed by atoms with E-state index in [4.69, 9.17) is 0 Å². The Morgan fingerprint density at radius 3 is 2.65 bits per heavy atom. The maximum absolute atomic E-state index is 4.49. The van der Waals surface area contributed by atoms with E-state index in [1.165, 1.54) is 32.5 Å². The molecule has 0 aromatic carbocycles. The van der Waals surface area contributed by atoms with Crippen molar-refractivity contribution in [2.24, 2.45) is 5.92 Å². The molecule has 3 nitrogen and oxygen atoms in total. The van der Waals surface area contributed by atoms with Gasteiger partial charge in [-0.1, -0.05) is 6.92 Å². The van der Waals surface area contributed by atoms with Gasteiger partial charge in [-0.3, -0.25) is 9.88 Å². The summed E-state index contributed by atoms with van der Waals surface area (Å²) in [7, 11) is 0. The summed E-state index contributed by atoms with van der Waals surface area (Å²) in [6.07, 6.45) is 4.46. The Bertz CT molecular complexity index is 409. The zero-order chi connectivity index (χ0) is 13.7. The third-order valence-electron chi connectivity index (χ3n) is 3.65. The van der Waals surface area contributed by atoms with Gasteiger partial charge >= 0.3 is 0 Å². The van der Waals surface area contributed by atoms with Crippen LogP contribution in [0, 0.1) is 5.92 Å². The Hall–Kier alpha value is 0.320. The van der Waals surface area contributed by atoms with Crippen molar-refractivity contribution in [1.29, 1.82) is 0 Å². The zero-order valence-electron chi connectivity index (χ0n) is 11.7. The van der Waals surface area contributed by atoms with Crippen molar-refractivity contribution < 1.29 is 0 Å². The molecule has 0 atom stereocenters. The minimum atomic E-state index is 0. The van der Waals surface area contributed by atoms with Crippen LogP contribution in [-0.4, -0.2) is 36.1 Å². The SMILES string of the molecule is CCNCC1CCN(Cc2ncc(Br)cc2Br)CC1.Cl.